The largest absolute Gasteiger partial charge is 0.457 e. The van der Waals surface area contributed by atoms with Gasteiger partial charge in [-0.2, -0.15) is 0 Å². The highest BCUT2D eigenvalue weighted by Gasteiger charge is 2.17. The van der Waals surface area contributed by atoms with E-state index in [9.17, 15) is 9.59 Å². The van der Waals surface area contributed by atoms with Crippen LogP contribution in [0.25, 0.3) is 0 Å². The fourth-order valence-electron chi connectivity index (χ4n) is 2.56. The number of esters is 1. The van der Waals surface area contributed by atoms with Crippen molar-refractivity contribution in [2.24, 2.45) is 0 Å². The highest BCUT2D eigenvalue weighted by atomic mass is 35.5. The Bertz CT molecular complexity index is 780. The van der Waals surface area contributed by atoms with Crippen LogP contribution in [0.2, 0.25) is 5.02 Å². The maximum Gasteiger partial charge on any atom is 0.330 e. The number of quaternary nitrogens is 1. The SMILES string of the molecule is C=CC(=O)OCC[N+](C)(C)Cc1ccc(C(=O)c2ccc(Cl)cc2)cc1. The lowest BCUT2D eigenvalue weighted by Gasteiger charge is -2.29. The number of halogens is 1. The molecule has 2 aromatic carbocycles. The van der Waals surface area contributed by atoms with E-state index in [-0.39, 0.29) is 5.78 Å². The molecule has 0 aromatic heterocycles. The summed E-state index contributed by atoms with van der Waals surface area (Å²) in [6.45, 7) is 5.17. The maximum atomic E-state index is 12.5. The number of carbonyl (C=O) groups excluding carboxylic acids is 2. The van der Waals surface area contributed by atoms with Crippen LogP contribution in [-0.2, 0) is 16.1 Å². The van der Waals surface area contributed by atoms with Crippen LogP contribution in [0.3, 0.4) is 0 Å². The Morgan fingerprint density at radius 3 is 2.12 bits per heavy atom. The first-order valence-electron chi connectivity index (χ1n) is 8.31. The third-order valence-electron chi connectivity index (χ3n) is 4.04. The van der Waals surface area contributed by atoms with Gasteiger partial charge in [0, 0.05) is 27.8 Å². The zero-order chi connectivity index (χ0) is 19.2. The molecule has 2 rings (SSSR count). The van der Waals surface area contributed by atoms with Crippen LogP contribution in [0.5, 0.6) is 0 Å². The second kappa shape index (κ2) is 8.79. The third kappa shape index (κ3) is 5.83. The summed E-state index contributed by atoms with van der Waals surface area (Å²) in [5.41, 5.74) is 2.36. The molecule has 0 aliphatic carbocycles. The van der Waals surface area contributed by atoms with Crippen LogP contribution in [-0.4, -0.2) is 43.5 Å². The van der Waals surface area contributed by atoms with Gasteiger partial charge in [-0.05, 0) is 24.3 Å². The number of ketones is 1. The minimum Gasteiger partial charge on any atom is -0.457 e. The van der Waals surface area contributed by atoms with E-state index >= 15 is 0 Å². The average molecular weight is 373 g/mol. The second-order valence-corrected chi connectivity index (χ2v) is 7.16. The van der Waals surface area contributed by atoms with Crippen molar-refractivity contribution in [2.75, 3.05) is 27.2 Å². The Morgan fingerprint density at radius 2 is 1.58 bits per heavy atom. The number of hydrogen-bond donors (Lipinski definition) is 0. The van der Waals surface area contributed by atoms with Crippen LogP contribution >= 0.6 is 11.6 Å². The molecule has 0 bridgehead atoms. The molecule has 0 spiro atoms. The van der Waals surface area contributed by atoms with Gasteiger partial charge in [0.15, 0.2) is 5.78 Å². The van der Waals surface area contributed by atoms with Crippen LogP contribution in [0.1, 0.15) is 21.5 Å². The number of nitrogens with zero attached hydrogens (tertiary/aromatic N) is 1. The summed E-state index contributed by atoms with van der Waals surface area (Å²) in [5.74, 6) is -0.437. The Balaban J connectivity index is 1.97. The van der Waals surface area contributed by atoms with Crippen LogP contribution in [0, 0.1) is 0 Å². The van der Waals surface area contributed by atoms with Gasteiger partial charge in [0.1, 0.15) is 19.7 Å². The molecule has 0 unspecified atom stereocenters. The van der Waals surface area contributed by atoms with E-state index in [4.69, 9.17) is 16.3 Å². The minimum atomic E-state index is -0.407. The molecular formula is C21H23ClNO3+. The van der Waals surface area contributed by atoms with Gasteiger partial charge in [-0.3, -0.25) is 4.79 Å². The summed E-state index contributed by atoms with van der Waals surface area (Å²) < 4.78 is 5.71. The molecule has 0 amide bonds. The number of hydrogen-bond acceptors (Lipinski definition) is 3. The van der Waals surface area contributed by atoms with Crippen molar-refractivity contribution in [3.05, 3.63) is 82.9 Å². The van der Waals surface area contributed by atoms with Crippen molar-refractivity contribution >= 4 is 23.4 Å². The van der Waals surface area contributed by atoms with Crippen molar-refractivity contribution in [2.45, 2.75) is 6.54 Å². The lowest BCUT2D eigenvalue weighted by Crippen LogP contribution is -2.41. The molecule has 0 saturated carbocycles. The van der Waals surface area contributed by atoms with Gasteiger partial charge >= 0.3 is 5.97 Å². The molecule has 0 heterocycles. The fraction of sp³-hybridized carbons (Fsp3) is 0.238. The molecule has 136 valence electrons. The number of likely N-dealkylation sites (N-methyl/N-ethyl adjacent to an activating group) is 1. The van der Waals surface area contributed by atoms with Crippen LogP contribution in [0.15, 0.2) is 61.2 Å². The van der Waals surface area contributed by atoms with Gasteiger partial charge in [0.05, 0.1) is 14.1 Å². The smallest absolute Gasteiger partial charge is 0.330 e. The monoisotopic (exact) mass is 372 g/mol. The molecule has 0 atom stereocenters. The van der Waals surface area contributed by atoms with Crippen molar-refractivity contribution in [3.63, 3.8) is 0 Å². The highest BCUT2D eigenvalue weighted by Crippen LogP contribution is 2.16. The molecule has 0 radical (unpaired) electrons. The molecule has 0 aliphatic heterocycles. The summed E-state index contributed by atoms with van der Waals surface area (Å²) in [6.07, 6.45) is 1.16. The number of benzene rings is 2. The lowest BCUT2D eigenvalue weighted by molar-refractivity contribution is -0.903. The quantitative estimate of drug-likeness (QED) is 0.306. The van der Waals surface area contributed by atoms with Gasteiger partial charge in [0.2, 0.25) is 0 Å². The molecule has 0 N–H and O–H groups in total. The molecule has 2 aromatic rings. The first kappa shape index (κ1) is 19.9. The zero-order valence-electron chi connectivity index (χ0n) is 15.1. The van der Waals surface area contributed by atoms with Crippen molar-refractivity contribution in [1.82, 2.24) is 0 Å². The van der Waals surface area contributed by atoms with Gasteiger partial charge in [-0.25, -0.2) is 4.79 Å². The predicted octanol–water partition coefficient (Wildman–Crippen LogP) is 3.88. The van der Waals surface area contributed by atoms with Gasteiger partial charge < -0.3 is 9.22 Å². The Morgan fingerprint density at radius 1 is 1.04 bits per heavy atom. The van der Waals surface area contributed by atoms with E-state index in [0.717, 1.165) is 18.2 Å². The van der Waals surface area contributed by atoms with Crippen molar-refractivity contribution in [1.29, 1.82) is 0 Å². The van der Waals surface area contributed by atoms with E-state index in [1.54, 1.807) is 24.3 Å². The average Bonchev–Trinajstić information content (AvgIpc) is 2.61. The van der Waals surface area contributed by atoms with E-state index in [2.05, 4.69) is 20.7 Å². The summed E-state index contributed by atoms with van der Waals surface area (Å²) in [6, 6.07) is 14.5. The topological polar surface area (TPSA) is 43.4 Å². The Kier molecular flexibility index (Phi) is 6.72. The first-order chi connectivity index (χ1) is 12.3. The van der Waals surface area contributed by atoms with E-state index in [1.807, 2.05) is 24.3 Å². The third-order valence-corrected chi connectivity index (χ3v) is 4.29. The molecule has 0 aliphatic rings. The van der Waals surface area contributed by atoms with Crippen molar-refractivity contribution in [3.8, 4) is 0 Å². The Hall–Kier alpha value is -2.43. The number of carbonyl (C=O) groups is 2. The van der Waals surface area contributed by atoms with E-state index < -0.39 is 5.97 Å². The Labute approximate surface area is 159 Å². The molecule has 26 heavy (non-hydrogen) atoms. The lowest BCUT2D eigenvalue weighted by atomic mass is 10.0. The van der Waals surface area contributed by atoms with E-state index in [1.165, 1.54) is 0 Å². The molecule has 4 nitrogen and oxygen atoms in total. The molecule has 5 heteroatoms. The standard InChI is InChI=1S/C21H23ClNO3/c1-4-20(24)26-14-13-23(2,3)15-16-5-7-17(8-6-16)21(25)18-9-11-19(22)12-10-18/h4-12H,1,13-15H2,2-3H3/q+1. The molecule has 0 saturated heterocycles. The fourth-order valence-corrected chi connectivity index (χ4v) is 2.68. The van der Waals surface area contributed by atoms with Gasteiger partial charge in [-0.15, -0.1) is 0 Å². The maximum absolute atomic E-state index is 12.5. The van der Waals surface area contributed by atoms with Gasteiger partial charge in [-0.1, -0.05) is 42.4 Å². The molecular weight excluding hydrogens is 350 g/mol. The van der Waals surface area contributed by atoms with Crippen LogP contribution in [0.4, 0.5) is 0 Å². The summed E-state index contributed by atoms with van der Waals surface area (Å²) >= 11 is 5.86. The number of ether oxygens (including phenoxy) is 1. The van der Waals surface area contributed by atoms with Crippen molar-refractivity contribution < 1.29 is 18.8 Å². The predicted molar refractivity (Wildman–Crippen MR) is 103 cm³/mol. The summed E-state index contributed by atoms with van der Waals surface area (Å²) in [5, 5.41) is 0.607. The van der Waals surface area contributed by atoms with Gasteiger partial charge in [0.25, 0.3) is 0 Å². The van der Waals surface area contributed by atoms with Crippen LogP contribution < -0.4 is 0 Å². The van der Waals surface area contributed by atoms with E-state index in [0.29, 0.717) is 33.8 Å². The zero-order valence-corrected chi connectivity index (χ0v) is 15.8. The summed E-state index contributed by atoms with van der Waals surface area (Å²) in [4.78, 5) is 23.6. The highest BCUT2D eigenvalue weighted by molar-refractivity contribution is 6.30. The second-order valence-electron chi connectivity index (χ2n) is 6.72. The number of rotatable bonds is 8. The first-order valence-corrected chi connectivity index (χ1v) is 8.69. The summed E-state index contributed by atoms with van der Waals surface area (Å²) in [7, 11) is 4.13. The minimum absolute atomic E-state index is 0.0293. The molecule has 0 fully saturated rings. The normalized spacial score (nSPS) is 11.0.